The van der Waals surface area contributed by atoms with Crippen LogP contribution in [0.1, 0.15) is 37.7 Å². The number of carboxylic acids is 1. The summed E-state index contributed by atoms with van der Waals surface area (Å²) in [5, 5.41) is 9.53. The van der Waals surface area contributed by atoms with Gasteiger partial charge in [-0.2, -0.15) is 0 Å². The first-order valence-electron chi connectivity index (χ1n) is 6.21. The maximum Gasteiger partial charge on any atom is 0.309 e. The summed E-state index contributed by atoms with van der Waals surface area (Å²) in [6.45, 7) is 0. The Morgan fingerprint density at radius 3 is 2.61 bits per heavy atom. The molecule has 98 valence electrons. The van der Waals surface area contributed by atoms with Gasteiger partial charge in [-0.15, -0.1) is 0 Å². The van der Waals surface area contributed by atoms with E-state index in [4.69, 9.17) is 11.6 Å². The van der Waals surface area contributed by atoms with Gasteiger partial charge in [0.2, 0.25) is 0 Å². The summed E-state index contributed by atoms with van der Waals surface area (Å²) >= 11 is 5.91. The molecule has 2 nitrogen and oxygen atoms in total. The Labute approximate surface area is 111 Å². The number of carboxylic acid groups (broad SMARTS) is 1. The topological polar surface area (TPSA) is 37.3 Å². The summed E-state index contributed by atoms with van der Waals surface area (Å²) < 4.78 is 13.4. The second-order valence-electron chi connectivity index (χ2n) is 5.04. The standard InChI is InChI=1S/C14H16ClFO2/c15-12-10(5-4-6-11(12)16)9-14(13(17)18)7-2-1-3-8-14/h4-6H,1-3,7-9H2,(H,17,18). The molecular formula is C14H16ClFO2. The van der Waals surface area contributed by atoms with Gasteiger partial charge in [0.05, 0.1) is 10.4 Å². The second-order valence-corrected chi connectivity index (χ2v) is 5.41. The van der Waals surface area contributed by atoms with Gasteiger partial charge in [-0.1, -0.05) is 43.0 Å². The molecule has 0 bridgehead atoms. The summed E-state index contributed by atoms with van der Waals surface area (Å²) in [5.41, 5.74) is -0.170. The van der Waals surface area contributed by atoms with Gasteiger partial charge in [0.15, 0.2) is 0 Å². The normalized spacial score (nSPS) is 18.6. The van der Waals surface area contributed by atoms with Crippen LogP contribution >= 0.6 is 11.6 Å². The highest BCUT2D eigenvalue weighted by Gasteiger charge is 2.40. The lowest BCUT2D eigenvalue weighted by molar-refractivity contribution is -0.151. The molecule has 0 spiro atoms. The highest BCUT2D eigenvalue weighted by atomic mass is 35.5. The molecule has 0 radical (unpaired) electrons. The van der Waals surface area contributed by atoms with Crippen LogP contribution in [0.3, 0.4) is 0 Å². The van der Waals surface area contributed by atoms with Crippen molar-refractivity contribution in [2.45, 2.75) is 38.5 Å². The third kappa shape index (κ3) is 2.51. The van der Waals surface area contributed by atoms with E-state index >= 15 is 0 Å². The predicted octanol–water partition coefficient (Wildman–Crippen LogP) is 4.06. The Hall–Kier alpha value is -1.09. The largest absolute Gasteiger partial charge is 0.481 e. The van der Waals surface area contributed by atoms with Crippen LogP contribution < -0.4 is 0 Å². The van der Waals surface area contributed by atoms with E-state index in [2.05, 4.69) is 0 Å². The summed E-state index contributed by atoms with van der Waals surface area (Å²) in [4.78, 5) is 11.5. The van der Waals surface area contributed by atoms with Gasteiger partial charge in [0, 0.05) is 0 Å². The molecule has 1 N–H and O–H groups in total. The van der Waals surface area contributed by atoms with Crippen molar-refractivity contribution in [3.8, 4) is 0 Å². The monoisotopic (exact) mass is 270 g/mol. The summed E-state index contributed by atoms with van der Waals surface area (Å²) in [6, 6.07) is 4.58. The van der Waals surface area contributed by atoms with Crippen molar-refractivity contribution in [2.24, 2.45) is 5.41 Å². The third-order valence-electron chi connectivity index (χ3n) is 3.82. The molecule has 0 amide bonds. The Balaban J connectivity index is 2.29. The summed E-state index contributed by atoms with van der Waals surface area (Å²) in [7, 11) is 0. The van der Waals surface area contributed by atoms with Gasteiger partial charge >= 0.3 is 5.97 Å². The van der Waals surface area contributed by atoms with Crippen LogP contribution in [0.2, 0.25) is 5.02 Å². The minimum absolute atomic E-state index is 0.0590. The molecule has 0 unspecified atom stereocenters. The highest BCUT2D eigenvalue weighted by Crippen LogP contribution is 2.40. The number of carbonyl (C=O) groups is 1. The number of halogens is 2. The van der Waals surface area contributed by atoms with E-state index in [0.717, 1.165) is 19.3 Å². The van der Waals surface area contributed by atoms with E-state index in [9.17, 15) is 14.3 Å². The molecule has 2 rings (SSSR count). The van der Waals surface area contributed by atoms with Gasteiger partial charge in [0.1, 0.15) is 5.82 Å². The lowest BCUT2D eigenvalue weighted by Crippen LogP contribution is -2.35. The Morgan fingerprint density at radius 1 is 1.33 bits per heavy atom. The van der Waals surface area contributed by atoms with Crippen LogP contribution in [0.5, 0.6) is 0 Å². The SMILES string of the molecule is O=C(O)C1(Cc2cccc(F)c2Cl)CCCCC1. The third-order valence-corrected chi connectivity index (χ3v) is 4.25. The smallest absolute Gasteiger partial charge is 0.309 e. The van der Waals surface area contributed by atoms with Crippen molar-refractivity contribution < 1.29 is 14.3 Å². The van der Waals surface area contributed by atoms with Crippen LogP contribution in [-0.4, -0.2) is 11.1 Å². The van der Waals surface area contributed by atoms with Crippen molar-refractivity contribution in [1.82, 2.24) is 0 Å². The van der Waals surface area contributed by atoms with E-state index in [-0.39, 0.29) is 5.02 Å². The second kappa shape index (κ2) is 5.27. The van der Waals surface area contributed by atoms with Crippen molar-refractivity contribution in [3.63, 3.8) is 0 Å². The van der Waals surface area contributed by atoms with E-state index in [1.165, 1.54) is 6.07 Å². The first-order valence-corrected chi connectivity index (χ1v) is 6.59. The first kappa shape index (κ1) is 13.3. The average Bonchev–Trinajstić information content (AvgIpc) is 2.36. The fourth-order valence-electron chi connectivity index (χ4n) is 2.74. The lowest BCUT2D eigenvalue weighted by atomic mass is 9.70. The molecule has 0 atom stereocenters. The van der Waals surface area contributed by atoms with Crippen molar-refractivity contribution in [2.75, 3.05) is 0 Å². The zero-order valence-corrected chi connectivity index (χ0v) is 10.8. The Kier molecular flexibility index (Phi) is 3.91. The molecule has 1 aromatic rings. The molecule has 1 aliphatic carbocycles. The minimum atomic E-state index is -0.789. The van der Waals surface area contributed by atoms with Crippen LogP contribution in [-0.2, 0) is 11.2 Å². The average molecular weight is 271 g/mol. The summed E-state index contributed by atoms with van der Waals surface area (Å²) in [5.74, 6) is -1.27. The Morgan fingerprint density at radius 2 is 2.00 bits per heavy atom. The Bertz CT molecular complexity index is 453. The van der Waals surface area contributed by atoms with E-state index in [0.29, 0.717) is 24.8 Å². The molecule has 0 aliphatic heterocycles. The first-order chi connectivity index (χ1) is 8.55. The van der Waals surface area contributed by atoms with Gasteiger partial charge in [-0.3, -0.25) is 4.79 Å². The molecule has 18 heavy (non-hydrogen) atoms. The lowest BCUT2D eigenvalue weighted by Gasteiger charge is -2.33. The van der Waals surface area contributed by atoms with Crippen molar-refractivity contribution >= 4 is 17.6 Å². The van der Waals surface area contributed by atoms with E-state index < -0.39 is 17.2 Å². The molecule has 0 aromatic heterocycles. The zero-order valence-electron chi connectivity index (χ0n) is 10.1. The number of aliphatic carboxylic acids is 1. The van der Waals surface area contributed by atoms with Crippen LogP contribution in [0.15, 0.2) is 18.2 Å². The predicted molar refractivity (Wildman–Crippen MR) is 68.3 cm³/mol. The molecule has 1 fully saturated rings. The summed E-state index contributed by atoms with van der Waals surface area (Å²) in [6.07, 6.45) is 4.52. The maximum atomic E-state index is 13.4. The zero-order chi connectivity index (χ0) is 13.2. The van der Waals surface area contributed by atoms with Crippen molar-refractivity contribution in [3.05, 3.63) is 34.6 Å². The number of benzene rings is 1. The minimum Gasteiger partial charge on any atom is -0.481 e. The van der Waals surface area contributed by atoms with Crippen LogP contribution in [0.25, 0.3) is 0 Å². The quantitative estimate of drug-likeness (QED) is 0.899. The van der Waals surface area contributed by atoms with Gasteiger partial charge in [-0.05, 0) is 30.9 Å². The molecule has 0 saturated heterocycles. The maximum absolute atomic E-state index is 13.4. The molecule has 0 heterocycles. The van der Waals surface area contributed by atoms with Crippen molar-refractivity contribution in [1.29, 1.82) is 0 Å². The van der Waals surface area contributed by atoms with Crippen LogP contribution in [0, 0.1) is 11.2 Å². The van der Waals surface area contributed by atoms with Crippen LogP contribution in [0.4, 0.5) is 4.39 Å². The fourth-order valence-corrected chi connectivity index (χ4v) is 2.94. The van der Waals surface area contributed by atoms with Gasteiger partial charge in [0.25, 0.3) is 0 Å². The number of hydrogen-bond donors (Lipinski definition) is 1. The van der Waals surface area contributed by atoms with Gasteiger partial charge < -0.3 is 5.11 Å². The van der Waals surface area contributed by atoms with E-state index in [1.807, 2.05) is 0 Å². The highest BCUT2D eigenvalue weighted by molar-refractivity contribution is 6.31. The molecule has 1 aromatic carbocycles. The molecule has 4 heteroatoms. The number of hydrogen-bond acceptors (Lipinski definition) is 1. The van der Waals surface area contributed by atoms with Gasteiger partial charge in [-0.25, -0.2) is 4.39 Å². The molecular weight excluding hydrogens is 255 g/mol. The molecule has 1 aliphatic rings. The van der Waals surface area contributed by atoms with E-state index in [1.54, 1.807) is 12.1 Å². The number of rotatable bonds is 3. The molecule has 1 saturated carbocycles. The fraction of sp³-hybridized carbons (Fsp3) is 0.500.